The van der Waals surface area contributed by atoms with Gasteiger partial charge >= 0.3 is 5.97 Å². The average molecular weight is 1170 g/mol. The second kappa shape index (κ2) is 72.3. The van der Waals surface area contributed by atoms with Gasteiger partial charge in [-0.15, -0.1) is 0 Å². The van der Waals surface area contributed by atoms with Gasteiger partial charge in [0.1, 0.15) is 0 Å². The lowest BCUT2D eigenvalue weighted by atomic mass is 10.0. The number of hydrogen-bond acceptors (Lipinski definition) is 5. The second-order valence-electron chi connectivity index (χ2n) is 25.6. The minimum atomic E-state index is -0.849. The Hall–Kier alpha value is -2.18. The lowest BCUT2D eigenvalue weighted by Crippen LogP contribution is -2.45. The van der Waals surface area contributed by atoms with Crippen molar-refractivity contribution < 1.29 is 24.5 Å². The maximum Gasteiger partial charge on any atom is 0.305 e. The molecule has 0 heterocycles. The zero-order chi connectivity index (χ0) is 59.9. The molecule has 0 aliphatic rings. The molecule has 0 aromatic rings. The molecule has 0 aliphatic carbocycles. The van der Waals surface area contributed by atoms with Gasteiger partial charge in [0.15, 0.2) is 0 Å². The third kappa shape index (κ3) is 68.8. The van der Waals surface area contributed by atoms with Crippen LogP contribution in [0.25, 0.3) is 0 Å². The number of unbranched alkanes of at least 4 members (excludes halogenated alkanes) is 53. The van der Waals surface area contributed by atoms with Crippen LogP contribution in [0.3, 0.4) is 0 Å². The molecule has 6 nitrogen and oxygen atoms in total. The molecular formula is C77H145NO5. The molecule has 0 rings (SSSR count). The Morgan fingerprint density at radius 1 is 0.337 bits per heavy atom. The standard InChI is InChI=1S/C77H145NO5/c1-3-5-7-9-11-13-15-17-19-21-22-23-29-32-35-38-41-45-49-53-57-61-65-69-75(80)74(73-79)78-76(81)70-66-62-58-54-50-46-42-39-36-33-30-27-25-24-26-28-31-34-37-40-44-48-52-56-60-64-68-72-83-77(82)71-67-63-59-55-51-47-43-20-18-16-14-12-10-8-6-4-2/h20,24-25,28,31,43,65,69,74-75,79-80H,3-19,21-23,26-27,29-30,32-42,44-64,66-68,70-73H2,1-2H3,(H,78,81)/b25-24-,31-28-,43-20-,69-65+. The highest BCUT2D eigenvalue weighted by atomic mass is 16.5. The third-order valence-electron chi connectivity index (χ3n) is 17.3. The lowest BCUT2D eigenvalue weighted by Gasteiger charge is -2.20. The van der Waals surface area contributed by atoms with Crippen LogP contribution >= 0.6 is 0 Å². The van der Waals surface area contributed by atoms with Crippen LogP contribution in [-0.2, 0) is 14.3 Å². The SMILES string of the molecule is CCCCCCCCC/C=C\CCCCCCCC(=O)OCCCCCCCCCCC/C=C\C/C=C\CCCCCCCCCCCCCC(=O)NC(CO)C(O)/C=C/CCCCCCCCCCCCCCCCCCCCCCC. The predicted octanol–water partition coefficient (Wildman–Crippen LogP) is 24.4. The van der Waals surface area contributed by atoms with E-state index in [2.05, 4.69) is 55.6 Å². The molecule has 83 heavy (non-hydrogen) atoms. The van der Waals surface area contributed by atoms with Crippen LogP contribution in [0.2, 0.25) is 0 Å². The Morgan fingerprint density at radius 3 is 0.928 bits per heavy atom. The van der Waals surface area contributed by atoms with E-state index in [4.69, 9.17) is 4.74 Å². The van der Waals surface area contributed by atoms with Gasteiger partial charge in [0, 0.05) is 12.8 Å². The summed E-state index contributed by atoms with van der Waals surface area (Å²) in [7, 11) is 0. The number of allylic oxidation sites excluding steroid dienone is 7. The largest absolute Gasteiger partial charge is 0.466 e. The van der Waals surface area contributed by atoms with Crippen LogP contribution in [-0.4, -0.2) is 47.4 Å². The molecule has 0 saturated carbocycles. The average Bonchev–Trinajstić information content (AvgIpc) is 3.49. The fourth-order valence-corrected chi connectivity index (χ4v) is 11.6. The fraction of sp³-hybridized carbons (Fsp3) is 0.870. The molecule has 0 aliphatic heterocycles. The van der Waals surface area contributed by atoms with E-state index >= 15 is 0 Å². The molecule has 488 valence electrons. The Morgan fingerprint density at radius 2 is 0.602 bits per heavy atom. The van der Waals surface area contributed by atoms with Crippen LogP contribution < -0.4 is 5.32 Å². The molecule has 0 saturated heterocycles. The lowest BCUT2D eigenvalue weighted by molar-refractivity contribution is -0.143. The van der Waals surface area contributed by atoms with Gasteiger partial charge in [0.25, 0.3) is 0 Å². The summed E-state index contributed by atoms with van der Waals surface area (Å²) in [6, 6.07) is -0.633. The molecule has 0 fully saturated rings. The summed E-state index contributed by atoms with van der Waals surface area (Å²) in [6.45, 7) is 4.93. The van der Waals surface area contributed by atoms with Crippen molar-refractivity contribution in [2.45, 2.75) is 418 Å². The Labute approximate surface area is 518 Å². The topological polar surface area (TPSA) is 95.9 Å². The number of carbonyl (C=O) groups is 2. The number of rotatable bonds is 70. The van der Waals surface area contributed by atoms with E-state index in [-0.39, 0.29) is 18.5 Å². The molecule has 0 spiro atoms. The van der Waals surface area contributed by atoms with Gasteiger partial charge in [-0.05, 0) is 89.9 Å². The molecule has 1 amide bonds. The summed E-state index contributed by atoms with van der Waals surface area (Å²) < 4.78 is 5.49. The number of amides is 1. The molecule has 0 radical (unpaired) electrons. The fourth-order valence-electron chi connectivity index (χ4n) is 11.6. The summed E-state index contributed by atoms with van der Waals surface area (Å²) in [5.41, 5.74) is 0. The van der Waals surface area contributed by atoms with Crippen molar-refractivity contribution in [3.63, 3.8) is 0 Å². The van der Waals surface area contributed by atoms with Crippen LogP contribution in [0.1, 0.15) is 406 Å². The highest BCUT2D eigenvalue weighted by Crippen LogP contribution is 2.18. The molecule has 0 bridgehead atoms. The first-order chi connectivity index (χ1) is 41.0. The maximum atomic E-state index is 12.5. The zero-order valence-corrected chi connectivity index (χ0v) is 55.9. The maximum absolute atomic E-state index is 12.5. The quantitative estimate of drug-likeness (QED) is 0.0320. The Kier molecular flexibility index (Phi) is 70.4. The smallest absolute Gasteiger partial charge is 0.305 e. The van der Waals surface area contributed by atoms with Crippen molar-refractivity contribution in [3.05, 3.63) is 48.6 Å². The van der Waals surface area contributed by atoms with E-state index in [0.717, 1.165) is 51.4 Å². The van der Waals surface area contributed by atoms with E-state index in [1.807, 2.05) is 6.08 Å². The Bertz CT molecular complexity index is 1390. The summed E-state index contributed by atoms with van der Waals surface area (Å²) >= 11 is 0. The minimum absolute atomic E-state index is 0.00327. The van der Waals surface area contributed by atoms with Gasteiger partial charge in [-0.25, -0.2) is 0 Å². The van der Waals surface area contributed by atoms with E-state index in [1.54, 1.807) is 6.08 Å². The third-order valence-corrected chi connectivity index (χ3v) is 17.3. The number of carbonyl (C=O) groups excluding carboxylic acids is 2. The van der Waals surface area contributed by atoms with Crippen molar-refractivity contribution in [3.8, 4) is 0 Å². The molecule has 0 aromatic carbocycles. The van der Waals surface area contributed by atoms with Gasteiger partial charge in [-0.2, -0.15) is 0 Å². The van der Waals surface area contributed by atoms with E-state index < -0.39 is 12.1 Å². The molecule has 3 N–H and O–H groups in total. The zero-order valence-electron chi connectivity index (χ0n) is 55.9. The molecule has 2 atom stereocenters. The summed E-state index contributed by atoms with van der Waals surface area (Å²) in [5, 5.41) is 23.3. The van der Waals surface area contributed by atoms with Crippen LogP contribution in [0.4, 0.5) is 0 Å². The molecule has 6 heteroatoms. The summed E-state index contributed by atoms with van der Waals surface area (Å²) in [6.07, 6.45) is 94.9. The number of ether oxygens (including phenoxy) is 1. The Balaban J connectivity index is 3.44. The van der Waals surface area contributed by atoms with Crippen molar-refractivity contribution in [1.29, 1.82) is 0 Å². The number of aliphatic hydroxyl groups excluding tert-OH is 2. The molecular weight excluding hydrogens is 1020 g/mol. The predicted molar refractivity (Wildman–Crippen MR) is 366 cm³/mol. The van der Waals surface area contributed by atoms with Gasteiger partial charge in [0.05, 0.1) is 25.4 Å². The summed E-state index contributed by atoms with van der Waals surface area (Å²) in [5.74, 6) is -0.0642. The van der Waals surface area contributed by atoms with Gasteiger partial charge in [0.2, 0.25) is 5.91 Å². The van der Waals surface area contributed by atoms with Crippen molar-refractivity contribution in [2.75, 3.05) is 13.2 Å². The van der Waals surface area contributed by atoms with E-state index in [9.17, 15) is 19.8 Å². The van der Waals surface area contributed by atoms with Crippen LogP contribution in [0.15, 0.2) is 48.6 Å². The van der Waals surface area contributed by atoms with E-state index in [0.29, 0.717) is 19.4 Å². The van der Waals surface area contributed by atoms with Gasteiger partial charge < -0.3 is 20.3 Å². The van der Waals surface area contributed by atoms with Crippen LogP contribution in [0.5, 0.6) is 0 Å². The van der Waals surface area contributed by atoms with Gasteiger partial charge in [-0.1, -0.05) is 351 Å². The highest BCUT2D eigenvalue weighted by Gasteiger charge is 2.18. The van der Waals surface area contributed by atoms with Crippen LogP contribution in [0, 0.1) is 0 Å². The minimum Gasteiger partial charge on any atom is -0.466 e. The normalized spacial score (nSPS) is 12.8. The number of aliphatic hydroxyl groups is 2. The van der Waals surface area contributed by atoms with Crippen molar-refractivity contribution in [1.82, 2.24) is 5.32 Å². The first-order valence-corrected chi connectivity index (χ1v) is 37.4. The van der Waals surface area contributed by atoms with E-state index in [1.165, 1.54) is 327 Å². The van der Waals surface area contributed by atoms with Gasteiger partial charge in [-0.3, -0.25) is 9.59 Å². The van der Waals surface area contributed by atoms with Crippen molar-refractivity contribution >= 4 is 11.9 Å². The summed E-state index contributed by atoms with van der Waals surface area (Å²) in [4.78, 5) is 24.6. The molecule has 0 aromatic heterocycles. The second-order valence-corrected chi connectivity index (χ2v) is 25.6. The highest BCUT2D eigenvalue weighted by molar-refractivity contribution is 5.76. The number of hydrogen-bond donors (Lipinski definition) is 3. The van der Waals surface area contributed by atoms with Crippen molar-refractivity contribution in [2.24, 2.45) is 0 Å². The number of nitrogens with one attached hydrogen (secondary N) is 1. The molecule has 2 unspecified atom stereocenters. The first kappa shape index (κ1) is 80.8. The monoisotopic (exact) mass is 1160 g/mol. The first-order valence-electron chi connectivity index (χ1n) is 37.4. The number of esters is 1.